The summed E-state index contributed by atoms with van der Waals surface area (Å²) in [6, 6.07) is 21.4. The molecule has 2 aromatic carbocycles. The maximum Gasteiger partial charge on any atom is 0.262 e. The van der Waals surface area contributed by atoms with Crippen molar-refractivity contribution in [3.05, 3.63) is 60.7 Å². The molecule has 0 radical (unpaired) electrons. The molecule has 0 aliphatic heterocycles. The Bertz CT molecular complexity index is 521. The van der Waals surface area contributed by atoms with E-state index in [1.54, 1.807) is 0 Å². The van der Waals surface area contributed by atoms with E-state index in [0.717, 1.165) is 0 Å². The van der Waals surface area contributed by atoms with Crippen molar-refractivity contribution < 1.29 is 4.43 Å². The Labute approximate surface area is 137 Å². The van der Waals surface area contributed by atoms with Crippen molar-refractivity contribution in [3.8, 4) is 0 Å². The van der Waals surface area contributed by atoms with Crippen LogP contribution in [0, 0.1) is 0 Å². The molecule has 1 nitrogen and oxygen atoms in total. The minimum Gasteiger partial charge on any atom is -0.395 e. The van der Waals surface area contributed by atoms with E-state index >= 15 is 0 Å². The third kappa shape index (κ3) is 3.31. The monoisotopic (exact) mass is 362 g/mol. The molecule has 0 bridgehead atoms. The second-order valence-electron chi connectivity index (χ2n) is 6.32. The Hall–Kier alpha value is -0.903. The van der Waals surface area contributed by atoms with Crippen molar-refractivity contribution in [1.82, 2.24) is 0 Å². The van der Waals surface area contributed by atoms with E-state index < -0.39 is 8.32 Å². The zero-order valence-corrected chi connectivity index (χ0v) is 15.7. The van der Waals surface area contributed by atoms with Gasteiger partial charge in [0, 0.05) is 0 Å². The van der Waals surface area contributed by atoms with Crippen molar-refractivity contribution in [2.75, 3.05) is 0 Å². The number of benzene rings is 2. The summed E-state index contributed by atoms with van der Waals surface area (Å²) < 4.78 is 6.63. The van der Waals surface area contributed by atoms with Crippen LogP contribution in [0.4, 0.5) is 0 Å². The van der Waals surface area contributed by atoms with Crippen LogP contribution >= 0.6 is 15.9 Å². The van der Waals surface area contributed by atoms with Gasteiger partial charge in [0.1, 0.15) is 0 Å². The van der Waals surface area contributed by atoms with Crippen molar-refractivity contribution in [2.45, 2.75) is 37.7 Å². The Balaban J connectivity index is 2.72. The summed E-state index contributed by atoms with van der Waals surface area (Å²) in [7, 11) is -2.36. The Morgan fingerprint density at radius 2 is 1.24 bits per heavy atom. The standard InChI is InChI=1S/C18H23BrOSi/c1-15(19)20-21(18(2,3)4,16-11-7-5-8-12-16)17-13-9-6-10-14-17/h5-15H,1-4H3. The van der Waals surface area contributed by atoms with Crippen molar-refractivity contribution >= 4 is 34.6 Å². The van der Waals surface area contributed by atoms with Gasteiger partial charge in [0.2, 0.25) is 0 Å². The van der Waals surface area contributed by atoms with Crippen molar-refractivity contribution in [2.24, 2.45) is 0 Å². The summed E-state index contributed by atoms with van der Waals surface area (Å²) >= 11 is 3.61. The van der Waals surface area contributed by atoms with Gasteiger partial charge in [-0.2, -0.15) is 0 Å². The molecule has 1 atom stereocenters. The maximum absolute atomic E-state index is 6.63. The van der Waals surface area contributed by atoms with E-state index in [2.05, 4.69) is 104 Å². The minimum atomic E-state index is -2.36. The molecule has 0 aliphatic carbocycles. The van der Waals surface area contributed by atoms with E-state index in [-0.39, 0.29) is 10.1 Å². The zero-order chi connectivity index (χ0) is 15.5. The molecule has 1 unspecified atom stereocenters. The predicted octanol–water partition coefficient (Wildman–Crippen LogP) is 4.30. The van der Waals surface area contributed by atoms with Crippen molar-refractivity contribution in [1.29, 1.82) is 0 Å². The van der Waals surface area contributed by atoms with Gasteiger partial charge >= 0.3 is 0 Å². The normalized spacial score (nSPS) is 14.0. The quantitative estimate of drug-likeness (QED) is 0.581. The van der Waals surface area contributed by atoms with Gasteiger partial charge < -0.3 is 4.43 Å². The zero-order valence-electron chi connectivity index (χ0n) is 13.1. The SMILES string of the molecule is CC(Br)O[Si](c1ccccc1)(c1ccccc1)C(C)(C)C. The predicted molar refractivity (Wildman–Crippen MR) is 97.1 cm³/mol. The average Bonchev–Trinajstić information content (AvgIpc) is 2.45. The lowest BCUT2D eigenvalue weighted by atomic mass is 10.2. The van der Waals surface area contributed by atoms with Gasteiger partial charge in [-0.1, -0.05) is 97.4 Å². The molecule has 21 heavy (non-hydrogen) atoms. The van der Waals surface area contributed by atoms with E-state index in [1.807, 2.05) is 0 Å². The topological polar surface area (TPSA) is 9.23 Å². The fraction of sp³-hybridized carbons (Fsp3) is 0.333. The molecule has 0 aliphatic rings. The highest BCUT2D eigenvalue weighted by Crippen LogP contribution is 2.37. The van der Waals surface area contributed by atoms with Gasteiger partial charge in [0.15, 0.2) is 0 Å². The third-order valence-electron chi connectivity index (χ3n) is 3.76. The molecular formula is C18H23BrOSi. The van der Waals surface area contributed by atoms with Gasteiger partial charge in [-0.3, -0.25) is 0 Å². The molecule has 112 valence electrons. The Morgan fingerprint density at radius 3 is 1.52 bits per heavy atom. The van der Waals surface area contributed by atoms with Crippen LogP contribution in [0.25, 0.3) is 0 Å². The first-order chi connectivity index (χ1) is 9.88. The first-order valence-electron chi connectivity index (χ1n) is 7.31. The van der Waals surface area contributed by atoms with Crippen LogP contribution in [-0.2, 0) is 4.43 Å². The fourth-order valence-electron chi connectivity index (χ4n) is 2.93. The van der Waals surface area contributed by atoms with Gasteiger partial charge in [-0.25, -0.2) is 0 Å². The second-order valence-corrected chi connectivity index (χ2v) is 11.9. The van der Waals surface area contributed by atoms with Gasteiger partial charge in [0.05, 0.1) is 5.01 Å². The number of hydrogen-bond donors (Lipinski definition) is 0. The molecule has 0 N–H and O–H groups in total. The molecule has 0 aromatic heterocycles. The molecule has 0 heterocycles. The molecule has 0 fully saturated rings. The summed E-state index contributed by atoms with van der Waals surface area (Å²) in [4.78, 5) is 0. The molecule has 2 aromatic rings. The first kappa shape index (κ1) is 16.5. The molecule has 0 spiro atoms. The second kappa shape index (κ2) is 6.47. The van der Waals surface area contributed by atoms with Crippen LogP contribution in [-0.4, -0.2) is 13.3 Å². The lowest BCUT2D eigenvalue weighted by Crippen LogP contribution is -2.67. The number of alkyl halides is 1. The molecule has 3 heteroatoms. The van der Waals surface area contributed by atoms with Crippen LogP contribution in [0.3, 0.4) is 0 Å². The van der Waals surface area contributed by atoms with E-state index in [9.17, 15) is 0 Å². The third-order valence-corrected chi connectivity index (χ3v) is 9.40. The summed E-state index contributed by atoms with van der Waals surface area (Å²) in [5.74, 6) is 0. The highest BCUT2D eigenvalue weighted by molar-refractivity contribution is 9.09. The Kier molecular flexibility index (Phi) is 5.07. The first-order valence-corrected chi connectivity index (χ1v) is 10.1. The van der Waals surface area contributed by atoms with Gasteiger partial charge in [-0.05, 0) is 22.3 Å². The molecular weight excluding hydrogens is 340 g/mol. The molecule has 2 rings (SSSR count). The largest absolute Gasteiger partial charge is 0.395 e. The van der Waals surface area contributed by atoms with Crippen LogP contribution < -0.4 is 10.4 Å². The highest BCUT2D eigenvalue weighted by Gasteiger charge is 2.50. The van der Waals surface area contributed by atoms with E-state index in [4.69, 9.17) is 4.43 Å². The molecule has 0 saturated heterocycles. The molecule has 0 saturated carbocycles. The summed E-state index contributed by atoms with van der Waals surface area (Å²) in [5.41, 5.74) is 0. The summed E-state index contributed by atoms with van der Waals surface area (Å²) in [6.45, 7) is 8.91. The smallest absolute Gasteiger partial charge is 0.262 e. The summed E-state index contributed by atoms with van der Waals surface area (Å²) in [5, 5.41) is 2.69. The van der Waals surface area contributed by atoms with Gasteiger partial charge in [-0.15, -0.1) is 0 Å². The number of halogens is 1. The lowest BCUT2D eigenvalue weighted by Gasteiger charge is -2.43. The molecule has 0 amide bonds. The number of hydrogen-bond acceptors (Lipinski definition) is 1. The van der Waals surface area contributed by atoms with Crippen LogP contribution in [0.2, 0.25) is 5.04 Å². The maximum atomic E-state index is 6.63. The van der Waals surface area contributed by atoms with Crippen molar-refractivity contribution in [3.63, 3.8) is 0 Å². The number of rotatable bonds is 4. The van der Waals surface area contributed by atoms with E-state index in [1.165, 1.54) is 10.4 Å². The van der Waals surface area contributed by atoms with Crippen LogP contribution in [0.15, 0.2) is 60.7 Å². The average molecular weight is 363 g/mol. The van der Waals surface area contributed by atoms with Crippen LogP contribution in [0.5, 0.6) is 0 Å². The summed E-state index contributed by atoms with van der Waals surface area (Å²) in [6.07, 6.45) is 0. The lowest BCUT2D eigenvalue weighted by molar-refractivity contribution is 0.294. The van der Waals surface area contributed by atoms with Crippen LogP contribution in [0.1, 0.15) is 27.7 Å². The van der Waals surface area contributed by atoms with E-state index in [0.29, 0.717) is 0 Å². The highest BCUT2D eigenvalue weighted by atomic mass is 79.9. The minimum absolute atomic E-state index is 0.0174. The van der Waals surface area contributed by atoms with Gasteiger partial charge in [0.25, 0.3) is 8.32 Å². The Morgan fingerprint density at radius 1 is 0.857 bits per heavy atom. The fourth-order valence-corrected chi connectivity index (χ4v) is 8.28.